The molecule has 0 saturated carbocycles. The molecule has 0 spiro atoms. The number of sulfonamides is 1. The summed E-state index contributed by atoms with van der Waals surface area (Å²) in [7, 11) is -4.00. The lowest BCUT2D eigenvalue weighted by Gasteiger charge is -2.11. The molecule has 0 bridgehead atoms. The third-order valence-electron chi connectivity index (χ3n) is 3.92. The molecule has 3 aromatic rings. The molecule has 2 aromatic carbocycles. The third-order valence-corrected chi connectivity index (χ3v) is 5.40. The van der Waals surface area contributed by atoms with Crippen LogP contribution in [0.1, 0.15) is 0 Å². The van der Waals surface area contributed by atoms with Crippen molar-refractivity contribution in [2.24, 2.45) is 0 Å². The van der Waals surface area contributed by atoms with E-state index in [0.717, 1.165) is 34.5 Å². The van der Waals surface area contributed by atoms with Gasteiger partial charge in [0.25, 0.3) is 5.56 Å². The number of hydrogen-bond acceptors (Lipinski definition) is 5. The van der Waals surface area contributed by atoms with Gasteiger partial charge in [-0.1, -0.05) is 30.3 Å². The first kappa shape index (κ1) is 21.5. The summed E-state index contributed by atoms with van der Waals surface area (Å²) in [5.41, 5.74) is 0.953. The Kier molecular flexibility index (Phi) is 6.22. The van der Waals surface area contributed by atoms with Crippen LogP contribution in [0.5, 0.6) is 5.75 Å². The fourth-order valence-electron chi connectivity index (χ4n) is 2.56. The molecule has 1 N–H and O–H groups in total. The first-order valence-corrected chi connectivity index (χ1v) is 10.1. The normalized spacial score (nSPS) is 12.0. The van der Waals surface area contributed by atoms with Crippen molar-refractivity contribution in [3.05, 3.63) is 77.1 Å². The van der Waals surface area contributed by atoms with E-state index in [-0.39, 0.29) is 18.0 Å². The van der Waals surface area contributed by atoms with Crippen LogP contribution >= 0.6 is 0 Å². The van der Waals surface area contributed by atoms with Crippen molar-refractivity contribution in [1.29, 1.82) is 0 Å². The van der Waals surface area contributed by atoms with Gasteiger partial charge in [0, 0.05) is 18.2 Å². The molecule has 158 valence electrons. The zero-order chi connectivity index (χ0) is 21.8. The Labute approximate surface area is 169 Å². The Balaban J connectivity index is 1.66. The Morgan fingerprint density at radius 3 is 2.27 bits per heavy atom. The van der Waals surface area contributed by atoms with Crippen LogP contribution in [0, 0.1) is 0 Å². The van der Waals surface area contributed by atoms with Gasteiger partial charge in [-0.2, -0.15) is 5.10 Å². The number of benzene rings is 2. The summed E-state index contributed by atoms with van der Waals surface area (Å²) < 4.78 is 68.3. The number of ether oxygens (including phenoxy) is 1. The van der Waals surface area contributed by atoms with E-state index in [0.29, 0.717) is 5.69 Å². The van der Waals surface area contributed by atoms with Crippen LogP contribution in [0.15, 0.2) is 76.4 Å². The van der Waals surface area contributed by atoms with Crippen molar-refractivity contribution in [3.63, 3.8) is 0 Å². The minimum Gasteiger partial charge on any atom is -0.406 e. The quantitative estimate of drug-likeness (QED) is 0.612. The summed E-state index contributed by atoms with van der Waals surface area (Å²) in [6, 6.07) is 15.8. The van der Waals surface area contributed by atoms with E-state index in [1.807, 2.05) is 30.3 Å². The van der Waals surface area contributed by atoms with E-state index in [1.165, 1.54) is 6.07 Å². The molecule has 0 aliphatic rings. The van der Waals surface area contributed by atoms with Crippen molar-refractivity contribution in [1.82, 2.24) is 14.5 Å². The molecular formula is C19H16F3N3O4S. The largest absolute Gasteiger partial charge is 0.573 e. The van der Waals surface area contributed by atoms with Gasteiger partial charge >= 0.3 is 6.36 Å². The summed E-state index contributed by atoms with van der Waals surface area (Å²) in [5.74, 6) is -0.532. The van der Waals surface area contributed by atoms with Crippen LogP contribution < -0.4 is 15.0 Å². The van der Waals surface area contributed by atoms with E-state index >= 15 is 0 Å². The number of alkyl halides is 3. The molecule has 3 rings (SSSR count). The summed E-state index contributed by atoms with van der Waals surface area (Å²) in [6.45, 7) is -0.178. The van der Waals surface area contributed by atoms with Gasteiger partial charge in [-0.15, -0.1) is 13.2 Å². The van der Waals surface area contributed by atoms with Gasteiger partial charge < -0.3 is 4.74 Å². The SMILES string of the molecule is O=c1ccc(-c2ccccc2)nn1CCNS(=O)(=O)c1ccc(OC(F)(F)F)cc1. The zero-order valence-corrected chi connectivity index (χ0v) is 16.2. The second-order valence-corrected chi connectivity index (χ2v) is 7.83. The number of nitrogens with one attached hydrogen (secondary N) is 1. The highest BCUT2D eigenvalue weighted by molar-refractivity contribution is 7.89. The maximum Gasteiger partial charge on any atom is 0.573 e. The van der Waals surface area contributed by atoms with Crippen LogP contribution in [0.25, 0.3) is 11.3 Å². The Bertz CT molecular complexity index is 1160. The predicted octanol–water partition coefficient (Wildman–Crippen LogP) is 2.79. The van der Waals surface area contributed by atoms with Crippen LogP contribution in [0.2, 0.25) is 0 Å². The molecule has 0 atom stereocenters. The monoisotopic (exact) mass is 439 g/mol. The van der Waals surface area contributed by atoms with Crippen molar-refractivity contribution in [2.75, 3.05) is 6.54 Å². The lowest BCUT2D eigenvalue weighted by atomic mass is 10.1. The average molecular weight is 439 g/mol. The summed E-state index contributed by atoms with van der Waals surface area (Å²) >= 11 is 0. The predicted molar refractivity (Wildman–Crippen MR) is 102 cm³/mol. The van der Waals surface area contributed by atoms with Crippen molar-refractivity contribution in [3.8, 4) is 17.0 Å². The minimum absolute atomic E-state index is 0.0337. The number of nitrogens with zero attached hydrogens (tertiary/aromatic N) is 2. The number of rotatable bonds is 7. The van der Waals surface area contributed by atoms with Gasteiger partial charge in [-0.05, 0) is 30.3 Å². The fraction of sp³-hybridized carbons (Fsp3) is 0.158. The fourth-order valence-corrected chi connectivity index (χ4v) is 3.58. The highest BCUT2D eigenvalue weighted by Crippen LogP contribution is 2.23. The first-order valence-electron chi connectivity index (χ1n) is 8.63. The van der Waals surface area contributed by atoms with Crippen LogP contribution in [0.4, 0.5) is 13.2 Å². The molecule has 30 heavy (non-hydrogen) atoms. The minimum atomic E-state index is -4.87. The molecule has 0 aliphatic heterocycles. The first-order chi connectivity index (χ1) is 14.1. The van der Waals surface area contributed by atoms with E-state index in [4.69, 9.17) is 0 Å². The topological polar surface area (TPSA) is 90.3 Å². The molecule has 0 saturated heterocycles. The molecule has 1 aromatic heterocycles. The molecule has 11 heteroatoms. The molecule has 0 radical (unpaired) electrons. The Morgan fingerprint density at radius 2 is 1.63 bits per heavy atom. The Hall–Kier alpha value is -3.18. The van der Waals surface area contributed by atoms with Crippen molar-refractivity contribution >= 4 is 10.0 Å². The van der Waals surface area contributed by atoms with Crippen LogP contribution in [-0.2, 0) is 16.6 Å². The molecule has 7 nitrogen and oxygen atoms in total. The van der Waals surface area contributed by atoms with Crippen LogP contribution in [-0.4, -0.2) is 31.1 Å². The molecular weight excluding hydrogens is 423 g/mol. The number of hydrogen-bond donors (Lipinski definition) is 1. The van der Waals surface area contributed by atoms with Crippen molar-refractivity contribution < 1.29 is 26.3 Å². The summed E-state index contributed by atoms with van der Waals surface area (Å²) in [4.78, 5) is 11.8. The average Bonchev–Trinajstić information content (AvgIpc) is 2.69. The number of aromatic nitrogens is 2. The highest BCUT2D eigenvalue weighted by Gasteiger charge is 2.31. The maximum atomic E-state index is 12.3. The van der Waals surface area contributed by atoms with Gasteiger partial charge in [-0.3, -0.25) is 4.79 Å². The highest BCUT2D eigenvalue weighted by atomic mass is 32.2. The molecule has 1 heterocycles. The van der Waals surface area contributed by atoms with E-state index in [9.17, 15) is 26.4 Å². The number of halogens is 3. The van der Waals surface area contributed by atoms with E-state index < -0.39 is 27.7 Å². The van der Waals surface area contributed by atoms with Gasteiger partial charge in [0.2, 0.25) is 10.0 Å². The Morgan fingerprint density at radius 1 is 0.967 bits per heavy atom. The van der Waals surface area contributed by atoms with E-state index in [2.05, 4.69) is 14.6 Å². The lowest BCUT2D eigenvalue weighted by molar-refractivity contribution is -0.274. The van der Waals surface area contributed by atoms with Crippen molar-refractivity contribution in [2.45, 2.75) is 17.8 Å². The second-order valence-electron chi connectivity index (χ2n) is 6.06. The third kappa shape index (κ3) is 5.67. The van der Waals surface area contributed by atoms with Gasteiger partial charge in [-0.25, -0.2) is 17.8 Å². The summed E-state index contributed by atoms with van der Waals surface area (Å²) in [5, 5.41) is 4.23. The van der Waals surface area contributed by atoms with Gasteiger partial charge in [0.15, 0.2) is 0 Å². The lowest BCUT2D eigenvalue weighted by Crippen LogP contribution is -2.32. The van der Waals surface area contributed by atoms with E-state index in [1.54, 1.807) is 6.07 Å². The molecule has 0 unspecified atom stereocenters. The second kappa shape index (κ2) is 8.67. The summed E-state index contributed by atoms with van der Waals surface area (Å²) in [6.07, 6.45) is -4.87. The van der Waals surface area contributed by atoms with Gasteiger partial charge in [0.1, 0.15) is 5.75 Å². The smallest absolute Gasteiger partial charge is 0.406 e. The zero-order valence-electron chi connectivity index (χ0n) is 15.3. The van der Waals surface area contributed by atoms with Crippen LogP contribution in [0.3, 0.4) is 0 Å². The van der Waals surface area contributed by atoms with Gasteiger partial charge in [0.05, 0.1) is 17.1 Å². The standard InChI is InChI=1S/C19H16F3N3O4S/c20-19(21,22)29-15-6-8-16(9-7-15)30(27,28)23-12-13-25-18(26)11-10-17(24-25)14-4-2-1-3-5-14/h1-11,23H,12-13H2. The molecule has 0 aliphatic carbocycles. The molecule has 0 amide bonds. The molecule has 0 fully saturated rings. The maximum absolute atomic E-state index is 12.3.